The van der Waals surface area contributed by atoms with Crippen molar-refractivity contribution in [3.63, 3.8) is 0 Å². The SMILES string of the molecule is O=S1c2cccc3cccc(c23)SC1c1ccccc1. The molecule has 0 aliphatic carbocycles. The van der Waals surface area contributed by atoms with Gasteiger partial charge in [0.05, 0.1) is 10.8 Å². The molecule has 2 atom stereocenters. The summed E-state index contributed by atoms with van der Waals surface area (Å²) < 4.78 is 12.9. The zero-order valence-electron chi connectivity index (χ0n) is 10.7. The van der Waals surface area contributed by atoms with Crippen LogP contribution in [0.4, 0.5) is 0 Å². The van der Waals surface area contributed by atoms with Crippen LogP contribution >= 0.6 is 11.8 Å². The predicted octanol–water partition coefficient (Wildman–Crippen LogP) is 4.75. The van der Waals surface area contributed by atoms with Gasteiger partial charge in [0.15, 0.2) is 0 Å². The average molecular weight is 296 g/mol. The molecule has 3 aromatic carbocycles. The summed E-state index contributed by atoms with van der Waals surface area (Å²) in [5.41, 5.74) is 1.13. The topological polar surface area (TPSA) is 17.1 Å². The van der Waals surface area contributed by atoms with Crippen LogP contribution in [0.3, 0.4) is 0 Å². The molecule has 1 nitrogen and oxygen atoms in total. The zero-order valence-corrected chi connectivity index (χ0v) is 12.3. The van der Waals surface area contributed by atoms with Crippen LogP contribution in [0.2, 0.25) is 0 Å². The summed E-state index contributed by atoms with van der Waals surface area (Å²) >= 11 is 1.71. The van der Waals surface area contributed by atoms with E-state index in [1.807, 2.05) is 30.3 Å². The first-order valence-corrected chi connectivity index (χ1v) is 8.58. The van der Waals surface area contributed by atoms with E-state index in [1.165, 1.54) is 10.3 Å². The Hall–Kier alpha value is -1.58. The normalized spacial score (nSPS) is 21.0. The van der Waals surface area contributed by atoms with Gasteiger partial charge in [0.1, 0.15) is 4.58 Å². The number of benzene rings is 3. The van der Waals surface area contributed by atoms with Crippen molar-refractivity contribution in [2.45, 2.75) is 14.4 Å². The van der Waals surface area contributed by atoms with E-state index in [4.69, 9.17) is 0 Å². The maximum Gasteiger partial charge on any atom is 0.114 e. The number of hydrogen-bond acceptors (Lipinski definition) is 2. The van der Waals surface area contributed by atoms with Gasteiger partial charge in [-0.15, -0.1) is 11.8 Å². The van der Waals surface area contributed by atoms with Crippen LogP contribution in [0.5, 0.6) is 0 Å². The summed E-state index contributed by atoms with van der Waals surface area (Å²) in [5, 5.41) is 2.33. The van der Waals surface area contributed by atoms with E-state index in [2.05, 4.69) is 36.4 Å². The highest BCUT2D eigenvalue weighted by atomic mass is 32.2. The second-order valence-electron chi connectivity index (χ2n) is 4.77. The lowest BCUT2D eigenvalue weighted by atomic mass is 10.1. The van der Waals surface area contributed by atoms with Gasteiger partial charge >= 0.3 is 0 Å². The molecule has 3 heteroatoms. The van der Waals surface area contributed by atoms with E-state index >= 15 is 0 Å². The molecule has 0 aromatic heterocycles. The van der Waals surface area contributed by atoms with Gasteiger partial charge in [-0.1, -0.05) is 54.6 Å². The Labute approximate surface area is 124 Å². The van der Waals surface area contributed by atoms with Crippen molar-refractivity contribution in [1.29, 1.82) is 0 Å². The van der Waals surface area contributed by atoms with Crippen molar-refractivity contribution >= 4 is 33.3 Å². The second kappa shape index (κ2) is 4.76. The average Bonchev–Trinajstić information content (AvgIpc) is 2.52. The highest BCUT2D eigenvalue weighted by Gasteiger charge is 2.29. The van der Waals surface area contributed by atoms with Gasteiger partial charge in [0.25, 0.3) is 0 Å². The molecule has 20 heavy (non-hydrogen) atoms. The summed E-state index contributed by atoms with van der Waals surface area (Å²) in [6.07, 6.45) is 0. The number of thioether (sulfide) groups is 1. The molecule has 1 aliphatic rings. The molecule has 3 aromatic rings. The maximum absolute atomic E-state index is 12.9. The van der Waals surface area contributed by atoms with Crippen molar-refractivity contribution < 1.29 is 4.21 Å². The van der Waals surface area contributed by atoms with Crippen LogP contribution in [-0.2, 0) is 10.8 Å². The van der Waals surface area contributed by atoms with E-state index < -0.39 is 10.8 Å². The highest BCUT2D eigenvalue weighted by molar-refractivity contribution is 8.11. The lowest BCUT2D eigenvalue weighted by Gasteiger charge is -2.24. The third-order valence-electron chi connectivity index (χ3n) is 3.55. The van der Waals surface area contributed by atoms with E-state index in [0.29, 0.717) is 0 Å². The number of hydrogen-bond donors (Lipinski definition) is 0. The lowest BCUT2D eigenvalue weighted by Crippen LogP contribution is -2.08. The van der Waals surface area contributed by atoms with Crippen LogP contribution in [0.15, 0.2) is 76.5 Å². The fourth-order valence-electron chi connectivity index (χ4n) is 2.62. The molecule has 0 amide bonds. The Bertz CT molecular complexity index is 806. The smallest absolute Gasteiger partial charge is 0.114 e. The summed E-state index contributed by atoms with van der Waals surface area (Å²) in [5.74, 6) is 0. The highest BCUT2D eigenvalue weighted by Crippen LogP contribution is 2.49. The van der Waals surface area contributed by atoms with Gasteiger partial charge in [-0.2, -0.15) is 0 Å². The van der Waals surface area contributed by atoms with Crippen LogP contribution in [0.25, 0.3) is 10.8 Å². The number of rotatable bonds is 1. The van der Waals surface area contributed by atoms with Gasteiger partial charge in [-0.05, 0) is 23.1 Å². The van der Waals surface area contributed by atoms with Crippen molar-refractivity contribution in [1.82, 2.24) is 0 Å². The summed E-state index contributed by atoms with van der Waals surface area (Å²) in [6.45, 7) is 0. The Balaban J connectivity index is 1.94. The third-order valence-corrected chi connectivity index (χ3v) is 6.87. The predicted molar refractivity (Wildman–Crippen MR) is 85.4 cm³/mol. The van der Waals surface area contributed by atoms with Crippen LogP contribution in [0, 0.1) is 0 Å². The summed E-state index contributed by atoms with van der Waals surface area (Å²) in [6, 6.07) is 22.5. The van der Waals surface area contributed by atoms with E-state index in [9.17, 15) is 4.21 Å². The first-order chi connectivity index (χ1) is 9.84. The molecule has 1 aliphatic heterocycles. The van der Waals surface area contributed by atoms with Gasteiger partial charge in [0.2, 0.25) is 0 Å². The van der Waals surface area contributed by atoms with Gasteiger partial charge in [0, 0.05) is 15.2 Å². The standard InChI is InChI=1S/C17H12OS2/c18-20-15-11-5-9-12-8-4-10-14(16(12)15)19-17(20)13-6-2-1-3-7-13/h1-11,17H. The van der Waals surface area contributed by atoms with Gasteiger partial charge in [-0.3, -0.25) is 4.21 Å². The molecular weight excluding hydrogens is 284 g/mol. The molecule has 0 saturated heterocycles. The molecule has 1 heterocycles. The molecular formula is C17H12OS2. The van der Waals surface area contributed by atoms with Crippen molar-refractivity contribution in [3.8, 4) is 0 Å². The van der Waals surface area contributed by atoms with Crippen LogP contribution < -0.4 is 0 Å². The Morgan fingerprint density at radius 1 is 0.850 bits per heavy atom. The third kappa shape index (κ3) is 1.81. The fraction of sp³-hybridized carbons (Fsp3) is 0.0588. The molecule has 0 fully saturated rings. The monoisotopic (exact) mass is 296 g/mol. The first-order valence-electron chi connectivity index (χ1n) is 6.48. The van der Waals surface area contributed by atoms with Gasteiger partial charge < -0.3 is 0 Å². The van der Waals surface area contributed by atoms with Crippen molar-refractivity contribution in [2.75, 3.05) is 0 Å². The minimum Gasteiger partial charge on any atom is -0.253 e. The molecule has 0 spiro atoms. The van der Waals surface area contributed by atoms with E-state index in [0.717, 1.165) is 15.8 Å². The van der Waals surface area contributed by atoms with E-state index in [-0.39, 0.29) is 4.58 Å². The first kappa shape index (κ1) is 12.2. The minimum absolute atomic E-state index is 0.0169. The molecule has 0 saturated carbocycles. The molecule has 2 unspecified atom stereocenters. The van der Waals surface area contributed by atoms with Crippen molar-refractivity contribution in [2.24, 2.45) is 0 Å². The lowest BCUT2D eigenvalue weighted by molar-refractivity contribution is 0.682. The van der Waals surface area contributed by atoms with E-state index in [1.54, 1.807) is 11.8 Å². The largest absolute Gasteiger partial charge is 0.253 e. The molecule has 0 bridgehead atoms. The zero-order chi connectivity index (χ0) is 13.5. The van der Waals surface area contributed by atoms with Crippen LogP contribution in [-0.4, -0.2) is 4.21 Å². The molecule has 4 rings (SSSR count). The Morgan fingerprint density at radius 3 is 2.40 bits per heavy atom. The molecule has 98 valence electrons. The quantitative estimate of drug-likeness (QED) is 0.644. The van der Waals surface area contributed by atoms with Crippen LogP contribution in [0.1, 0.15) is 10.1 Å². The fourth-order valence-corrected chi connectivity index (χ4v) is 5.95. The van der Waals surface area contributed by atoms with Crippen molar-refractivity contribution in [3.05, 3.63) is 72.3 Å². The molecule has 0 radical (unpaired) electrons. The Morgan fingerprint density at radius 2 is 1.60 bits per heavy atom. The maximum atomic E-state index is 12.9. The second-order valence-corrected chi connectivity index (χ2v) is 7.72. The summed E-state index contributed by atoms with van der Waals surface area (Å²) in [4.78, 5) is 2.19. The minimum atomic E-state index is -1.01. The Kier molecular flexibility index (Phi) is 2.90. The molecule has 0 N–H and O–H groups in total. The van der Waals surface area contributed by atoms with Gasteiger partial charge in [-0.25, -0.2) is 0 Å². The summed E-state index contributed by atoms with van der Waals surface area (Å²) in [7, 11) is -1.01.